The van der Waals surface area contributed by atoms with Crippen molar-refractivity contribution in [2.75, 3.05) is 37.7 Å². The zero-order valence-corrected chi connectivity index (χ0v) is 15.9. The maximum absolute atomic E-state index is 13.2. The predicted octanol–water partition coefficient (Wildman–Crippen LogP) is 2.43. The Labute approximate surface area is 155 Å². The molecule has 2 aliphatic heterocycles. The Morgan fingerprint density at radius 2 is 1.69 bits per heavy atom. The summed E-state index contributed by atoms with van der Waals surface area (Å²) in [5.74, 6) is -0.834. The third-order valence-electron chi connectivity index (χ3n) is 5.32. The Hall–Kier alpha value is -1.92. The third kappa shape index (κ3) is 3.48. The topological polar surface area (TPSA) is 59.1 Å². The maximum Gasteiger partial charge on any atom is 0.242 e. The monoisotopic (exact) mass is 360 g/mol. The van der Waals surface area contributed by atoms with E-state index in [9.17, 15) is 9.59 Å². The van der Waals surface area contributed by atoms with Gasteiger partial charge in [0.2, 0.25) is 11.8 Å². The highest BCUT2D eigenvalue weighted by molar-refractivity contribution is 6.11. The lowest BCUT2D eigenvalue weighted by atomic mass is 9.88. The van der Waals surface area contributed by atoms with Crippen molar-refractivity contribution in [1.29, 1.82) is 0 Å². The molecule has 6 heteroatoms. The van der Waals surface area contributed by atoms with Crippen LogP contribution >= 0.6 is 0 Å². The van der Waals surface area contributed by atoms with Gasteiger partial charge < -0.3 is 19.3 Å². The number of amides is 2. The van der Waals surface area contributed by atoms with Crippen LogP contribution in [0.5, 0.6) is 0 Å². The first kappa shape index (κ1) is 18.9. The van der Waals surface area contributed by atoms with Crippen LogP contribution in [-0.4, -0.2) is 55.3 Å². The van der Waals surface area contributed by atoms with Crippen molar-refractivity contribution in [2.45, 2.75) is 39.4 Å². The summed E-state index contributed by atoms with van der Waals surface area (Å²) in [5.41, 5.74) is -0.306. The van der Waals surface area contributed by atoms with Gasteiger partial charge in [0.25, 0.3) is 0 Å². The van der Waals surface area contributed by atoms with E-state index in [0.717, 1.165) is 5.69 Å². The number of carbonyl (C=O) groups excluding carboxylic acids is 2. The molecule has 0 bridgehead atoms. The molecule has 1 aromatic rings. The van der Waals surface area contributed by atoms with Gasteiger partial charge in [0.05, 0.1) is 13.2 Å². The highest BCUT2D eigenvalue weighted by Gasteiger charge is 2.46. The van der Waals surface area contributed by atoms with E-state index in [1.54, 1.807) is 23.6 Å². The third-order valence-corrected chi connectivity index (χ3v) is 5.32. The highest BCUT2D eigenvalue weighted by atomic mass is 16.7. The van der Waals surface area contributed by atoms with E-state index in [-0.39, 0.29) is 11.8 Å². The first-order valence-corrected chi connectivity index (χ1v) is 9.34. The minimum Gasteiger partial charge on any atom is -0.347 e. The lowest BCUT2D eigenvalue weighted by Crippen LogP contribution is -2.55. The SMILES string of the molecule is CCN(C(=O)C(C)(C)C(=O)N1CCC2(CC1)OCCO2)c1ccccc1. The summed E-state index contributed by atoms with van der Waals surface area (Å²) in [4.78, 5) is 29.7. The smallest absolute Gasteiger partial charge is 0.242 e. The number of nitrogens with zero attached hydrogens (tertiary/aromatic N) is 2. The van der Waals surface area contributed by atoms with Crippen LogP contribution in [0.25, 0.3) is 0 Å². The highest BCUT2D eigenvalue weighted by Crippen LogP contribution is 2.34. The van der Waals surface area contributed by atoms with Gasteiger partial charge in [-0.2, -0.15) is 0 Å². The standard InChI is InChI=1S/C20H28N2O4/c1-4-22(16-8-6-5-7-9-16)18(24)19(2,3)17(23)21-12-10-20(11-13-21)25-14-15-26-20/h5-9H,4,10-15H2,1-3H3. The fourth-order valence-corrected chi connectivity index (χ4v) is 3.71. The molecule has 2 aliphatic rings. The molecule has 2 heterocycles. The van der Waals surface area contributed by atoms with Crippen molar-refractivity contribution in [1.82, 2.24) is 4.90 Å². The lowest BCUT2D eigenvalue weighted by Gasteiger charge is -2.41. The average molecular weight is 360 g/mol. The number of piperidine rings is 1. The first-order valence-electron chi connectivity index (χ1n) is 9.34. The largest absolute Gasteiger partial charge is 0.347 e. The zero-order chi connectivity index (χ0) is 18.8. The minimum atomic E-state index is -1.12. The number of carbonyl (C=O) groups is 2. The quantitative estimate of drug-likeness (QED) is 0.774. The molecule has 0 N–H and O–H groups in total. The molecule has 1 spiro atoms. The summed E-state index contributed by atoms with van der Waals surface area (Å²) >= 11 is 0. The van der Waals surface area contributed by atoms with Gasteiger partial charge in [0.15, 0.2) is 5.79 Å². The summed E-state index contributed by atoms with van der Waals surface area (Å²) in [7, 11) is 0. The van der Waals surface area contributed by atoms with E-state index < -0.39 is 11.2 Å². The van der Waals surface area contributed by atoms with E-state index in [1.165, 1.54) is 0 Å². The summed E-state index contributed by atoms with van der Waals surface area (Å²) in [6.07, 6.45) is 1.30. The van der Waals surface area contributed by atoms with Crippen molar-refractivity contribution in [3.63, 3.8) is 0 Å². The molecule has 142 valence electrons. The van der Waals surface area contributed by atoms with Crippen molar-refractivity contribution in [3.8, 4) is 0 Å². The van der Waals surface area contributed by atoms with Crippen LogP contribution in [0, 0.1) is 5.41 Å². The van der Waals surface area contributed by atoms with E-state index in [1.807, 2.05) is 37.3 Å². The molecule has 0 atom stereocenters. The van der Waals surface area contributed by atoms with Crippen LogP contribution in [0.1, 0.15) is 33.6 Å². The predicted molar refractivity (Wildman–Crippen MR) is 98.7 cm³/mol. The Morgan fingerprint density at radius 3 is 2.23 bits per heavy atom. The molecular formula is C20H28N2O4. The molecule has 26 heavy (non-hydrogen) atoms. The zero-order valence-electron chi connectivity index (χ0n) is 15.9. The van der Waals surface area contributed by atoms with Crippen molar-refractivity contribution in [2.24, 2.45) is 5.41 Å². The van der Waals surface area contributed by atoms with Gasteiger partial charge in [-0.05, 0) is 32.9 Å². The summed E-state index contributed by atoms with van der Waals surface area (Å²) < 4.78 is 11.4. The molecule has 2 saturated heterocycles. The molecule has 2 amide bonds. The summed E-state index contributed by atoms with van der Waals surface area (Å²) in [6.45, 7) is 8.20. The number of hydrogen-bond donors (Lipinski definition) is 0. The number of anilines is 1. The number of ether oxygens (including phenoxy) is 2. The van der Waals surface area contributed by atoms with Crippen LogP contribution in [0.3, 0.4) is 0 Å². The fraction of sp³-hybridized carbons (Fsp3) is 0.600. The van der Waals surface area contributed by atoms with Gasteiger partial charge in [-0.25, -0.2) is 0 Å². The molecule has 0 saturated carbocycles. The molecule has 0 radical (unpaired) electrons. The van der Waals surface area contributed by atoms with Gasteiger partial charge in [-0.1, -0.05) is 18.2 Å². The van der Waals surface area contributed by atoms with Crippen LogP contribution in [-0.2, 0) is 19.1 Å². The van der Waals surface area contributed by atoms with Crippen LogP contribution in [0.4, 0.5) is 5.69 Å². The van der Waals surface area contributed by atoms with Crippen molar-refractivity contribution >= 4 is 17.5 Å². The fourth-order valence-electron chi connectivity index (χ4n) is 3.71. The van der Waals surface area contributed by atoms with Gasteiger partial charge in [-0.3, -0.25) is 9.59 Å². The van der Waals surface area contributed by atoms with E-state index >= 15 is 0 Å². The van der Waals surface area contributed by atoms with Crippen LogP contribution in [0.15, 0.2) is 30.3 Å². The second kappa shape index (κ2) is 7.37. The number of likely N-dealkylation sites (tertiary alicyclic amines) is 1. The molecule has 0 aliphatic carbocycles. The van der Waals surface area contributed by atoms with Crippen LogP contribution in [0.2, 0.25) is 0 Å². The van der Waals surface area contributed by atoms with E-state index in [0.29, 0.717) is 45.7 Å². The van der Waals surface area contributed by atoms with Crippen molar-refractivity contribution < 1.29 is 19.1 Å². The number of rotatable bonds is 4. The second-order valence-corrected chi connectivity index (χ2v) is 7.41. The van der Waals surface area contributed by atoms with Crippen molar-refractivity contribution in [3.05, 3.63) is 30.3 Å². The summed E-state index contributed by atoms with van der Waals surface area (Å²) in [6, 6.07) is 9.48. The van der Waals surface area contributed by atoms with Gasteiger partial charge in [0.1, 0.15) is 5.41 Å². The Bertz CT molecular complexity index is 643. The van der Waals surface area contributed by atoms with Gasteiger partial charge in [0, 0.05) is 38.2 Å². The molecule has 3 rings (SSSR count). The van der Waals surface area contributed by atoms with Gasteiger partial charge in [-0.15, -0.1) is 0 Å². The molecular weight excluding hydrogens is 332 g/mol. The first-order chi connectivity index (χ1) is 12.4. The normalized spacial score (nSPS) is 19.6. The molecule has 1 aromatic carbocycles. The Kier molecular flexibility index (Phi) is 5.34. The minimum absolute atomic E-state index is 0.135. The Morgan fingerprint density at radius 1 is 1.12 bits per heavy atom. The molecule has 6 nitrogen and oxygen atoms in total. The molecule has 2 fully saturated rings. The van der Waals surface area contributed by atoms with E-state index in [2.05, 4.69) is 0 Å². The lowest BCUT2D eigenvalue weighted by molar-refractivity contribution is -0.189. The molecule has 0 unspecified atom stereocenters. The van der Waals surface area contributed by atoms with E-state index in [4.69, 9.17) is 9.47 Å². The second-order valence-electron chi connectivity index (χ2n) is 7.41. The maximum atomic E-state index is 13.2. The van der Waals surface area contributed by atoms with Gasteiger partial charge >= 0.3 is 0 Å². The number of benzene rings is 1. The summed E-state index contributed by atoms with van der Waals surface area (Å²) in [5, 5.41) is 0. The molecule has 0 aromatic heterocycles. The average Bonchev–Trinajstić information content (AvgIpc) is 3.11. The number of hydrogen-bond acceptors (Lipinski definition) is 4. The Balaban J connectivity index is 1.70. The van der Waals surface area contributed by atoms with Crippen LogP contribution < -0.4 is 4.90 Å². The number of para-hydroxylation sites is 1.